The third kappa shape index (κ3) is 4.16. The largest absolute Gasteiger partial charge is 0.320 e. The van der Waals surface area contributed by atoms with E-state index in [0.717, 1.165) is 17.5 Å². The summed E-state index contributed by atoms with van der Waals surface area (Å²) in [4.78, 5) is 22.5. The molecule has 0 saturated heterocycles. The molecule has 1 amide bonds. The Balaban J connectivity index is 1.54. The fraction of sp³-hybridized carbons (Fsp3) is 0.438. The van der Waals surface area contributed by atoms with E-state index in [1.807, 2.05) is 0 Å². The summed E-state index contributed by atoms with van der Waals surface area (Å²) < 4.78 is 2.10. The molecule has 8 nitrogen and oxygen atoms in total. The Morgan fingerprint density at radius 2 is 2.16 bits per heavy atom. The molecule has 0 aliphatic heterocycles. The molecule has 25 heavy (non-hydrogen) atoms. The Kier molecular flexibility index (Phi) is 5.32. The van der Waals surface area contributed by atoms with Gasteiger partial charge in [-0.05, 0) is 25.8 Å². The Bertz CT molecular complexity index is 788. The highest BCUT2D eigenvalue weighted by molar-refractivity contribution is 7.99. The summed E-state index contributed by atoms with van der Waals surface area (Å²) in [7, 11) is 0. The van der Waals surface area contributed by atoms with E-state index in [1.165, 1.54) is 36.7 Å². The zero-order chi connectivity index (χ0) is 17.8. The quantitative estimate of drug-likeness (QED) is 0.440. The molecule has 1 saturated carbocycles. The Morgan fingerprint density at radius 1 is 1.40 bits per heavy atom. The third-order valence-electron chi connectivity index (χ3n) is 3.94. The minimum atomic E-state index is -0.506. The Labute approximate surface area is 149 Å². The molecule has 0 bridgehead atoms. The highest BCUT2D eigenvalue weighted by atomic mass is 32.2. The van der Waals surface area contributed by atoms with Crippen LogP contribution >= 0.6 is 11.8 Å². The topological polar surface area (TPSA) is 103 Å². The summed E-state index contributed by atoms with van der Waals surface area (Å²) >= 11 is 1.48. The van der Waals surface area contributed by atoms with Gasteiger partial charge < -0.3 is 9.88 Å². The van der Waals surface area contributed by atoms with Crippen molar-refractivity contribution in [2.45, 2.75) is 43.8 Å². The van der Waals surface area contributed by atoms with E-state index in [2.05, 4.69) is 27.0 Å². The van der Waals surface area contributed by atoms with E-state index in [1.54, 1.807) is 12.1 Å². The lowest BCUT2D eigenvalue weighted by Gasteiger charge is -2.07. The van der Waals surface area contributed by atoms with Crippen molar-refractivity contribution in [2.24, 2.45) is 0 Å². The smallest absolute Gasteiger partial charge is 0.292 e. The average Bonchev–Trinajstić information content (AvgIpc) is 3.36. The van der Waals surface area contributed by atoms with Crippen molar-refractivity contribution >= 4 is 29.0 Å². The number of nitro benzene ring substituents is 1. The van der Waals surface area contributed by atoms with Crippen LogP contribution in [0.15, 0.2) is 29.4 Å². The molecule has 1 aromatic carbocycles. The summed E-state index contributed by atoms with van der Waals surface area (Å²) in [5.74, 6) is 1.85. The van der Waals surface area contributed by atoms with E-state index >= 15 is 0 Å². The van der Waals surface area contributed by atoms with Gasteiger partial charge >= 0.3 is 0 Å². The number of hydrogen-bond donors (Lipinski definition) is 1. The molecule has 0 spiro atoms. The van der Waals surface area contributed by atoms with Crippen LogP contribution < -0.4 is 5.32 Å². The summed E-state index contributed by atoms with van der Waals surface area (Å²) in [6.07, 6.45) is 2.58. The summed E-state index contributed by atoms with van der Waals surface area (Å²) in [5, 5.41) is 22.9. The van der Waals surface area contributed by atoms with Gasteiger partial charge in [-0.1, -0.05) is 23.9 Å². The van der Waals surface area contributed by atoms with Crippen LogP contribution in [0.2, 0.25) is 0 Å². The van der Waals surface area contributed by atoms with E-state index < -0.39 is 4.92 Å². The molecule has 1 aliphatic rings. The average molecular weight is 361 g/mol. The molecule has 2 aromatic rings. The standard InChI is InChI=1S/C16H19N5O3S/c1-2-20-15(11-7-8-11)18-19-16(20)25-10-9-14(22)17-12-5-3-4-6-13(12)21(23)24/h3-6,11H,2,7-10H2,1H3,(H,17,22). The second kappa shape index (κ2) is 7.64. The number of hydrogen-bond acceptors (Lipinski definition) is 6. The molecule has 9 heteroatoms. The molecule has 3 rings (SSSR count). The van der Waals surface area contributed by atoms with E-state index in [9.17, 15) is 14.9 Å². The minimum Gasteiger partial charge on any atom is -0.320 e. The van der Waals surface area contributed by atoms with Crippen LogP contribution in [0.4, 0.5) is 11.4 Å². The number of anilines is 1. The molecular weight excluding hydrogens is 342 g/mol. The maximum Gasteiger partial charge on any atom is 0.292 e. The number of thioether (sulfide) groups is 1. The number of rotatable bonds is 8. The second-order valence-corrected chi connectivity index (χ2v) is 6.84. The minimum absolute atomic E-state index is 0.108. The van der Waals surface area contributed by atoms with E-state index in [4.69, 9.17) is 0 Å². The SMILES string of the molecule is CCn1c(SCCC(=O)Nc2ccccc2[N+](=O)[O-])nnc1C1CC1. The van der Waals surface area contributed by atoms with Gasteiger partial charge in [0.15, 0.2) is 5.16 Å². The monoisotopic (exact) mass is 361 g/mol. The number of carbonyl (C=O) groups is 1. The number of nitrogens with one attached hydrogen (secondary N) is 1. The van der Waals surface area contributed by atoms with Gasteiger partial charge in [0.05, 0.1) is 4.92 Å². The molecule has 1 heterocycles. The first-order valence-corrected chi connectivity index (χ1v) is 9.18. The first-order valence-electron chi connectivity index (χ1n) is 8.19. The number of benzene rings is 1. The first kappa shape index (κ1) is 17.4. The van der Waals surface area contributed by atoms with Gasteiger partial charge in [-0.2, -0.15) is 0 Å². The molecule has 0 atom stereocenters. The number of amides is 1. The Hall–Kier alpha value is -2.42. The van der Waals surface area contributed by atoms with Gasteiger partial charge in [-0.3, -0.25) is 14.9 Å². The van der Waals surface area contributed by atoms with Gasteiger partial charge in [0.25, 0.3) is 5.69 Å². The van der Waals surface area contributed by atoms with Crippen molar-refractivity contribution in [3.05, 3.63) is 40.2 Å². The highest BCUT2D eigenvalue weighted by Gasteiger charge is 2.29. The van der Waals surface area contributed by atoms with Gasteiger partial charge in [0.2, 0.25) is 5.91 Å². The third-order valence-corrected chi connectivity index (χ3v) is 4.91. The predicted molar refractivity (Wildman–Crippen MR) is 94.7 cm³/mol. The fourth-order valence-corrected chi connectivity index (χ4v) is 3.48. The number of nitro groups is 1. The molecular formula is C16H19N5O3S. The number of aromatic nitrogens is 3. The fourth-order valence-electron chi connectivity index (χ4n) is 2.53. The van der Waals surface area contributed by atoms with Gasteiger partial charge in [-0.15, -0.1) is 10.2 Å². The van der Waals surface area contributed by atoms with Crippen molar-refractivity contribution in [1.82, 2.24) is 14.8 Å². The zero-order valence-electron chi connectivity index (χ0n) is 13.8. The van der Waals surface area contributed by atoms with Crippen LogP contribution in [0.5, 0.6) is 0 Å². The molecule has 0 radical (unpaired) electrons. The van der Waals surface area contributed by atoms with Crippen LogP contribution in [0, 0.1) is 10.1 Å². The maximum absolute atomic E-state index is 12.1. The molecule has 1 fully saturated rings. The van der Waals surface area contributed by atoms with Gasteiger partial charge in [0.1, 0.15) is 11.5 Å². The zero-order valence-corrected chi connectivity index (χ0v) is 14.7. The van der Waals surface area contributed by atoms with Crippen molar-refractivity contribution in [3.63, 3.8) is 0 Å². The highest BCUT2D eigenvalue weighted by Crippen LogP contribution is 2.40. The summed E-state index contributed by atoms with van der Waals surface area (Å²) in [6.45, 7) is 2.87. The van der Waals surface area contributed by atoms with Crippen LogP contribution in [0.1, 0.15) is 37.9 Å². The van der Waals surface area contributed by atoms with Crippen LogP contribution in [-0.2, 0) is 11.3 Å². The molecule has 1 N–H and O–H groups in total. The molecule has 0 unspecified atom stereocenters. The van der Waals surface area contributed by atoms with Crippen molar-refractivity contribution in [3.8, 4) is 0 Å². The molecule has 1 aromatic heterocycles. The van der Waals surface area contributed by atoms with Crippen LogP contribution in [0.25, 0.3) is 0 Å². The predicted octanol–water partition coefficient (Wildman–Crippen LogP) is 3.20. The normalized spacial score (nSPS) is 13.6. The lowest BCUT2D eigenvalue weighted by molar-refractivity contribution is -0.383. The number of nitrogens with zero attached hydrogens (tertiary/aromatic N) is 4. The van der Waals surface area contributed by atoms with Crippen molar-refractivity contribution < 1.29 is 9.72 Å². The number of carbonyl (C=O) groups excluding carboxylic acids is 1. The van der Waals surface area contributed by atoms with Crippen molar-refractivity contribution in [1.29, 1.82) is 0 Å². The van der Waals surface area contributed by atoms with Gasteiger partial charge in [-0.25, -0.2) is 0 Å². The summed E-state index contributed by atoms with van der Waals surface area (Å²) in [5.41, 5.74) is 0.110. The Morgan fingerprint density at radius 3 is 2.84 bits per heavy atom. The molecule has 1 aliphatic carbocycles. The number of para-hydroxylation sites is 2. The van der Waals surface area contributed by atoms with E-state index in [-0.39, 0.29) is 23.7 Å². The molecule has 132 valence electrons. The van der Waals surface area contributed by atoms with E-state index in [0.29, 0.717) is 11.7 Å². The van der Waals surface area contributed by atoms with Gasteiger partial charge in [0, 0.05) is 30.7 Å². The maximum atomic E-state index is 12.1. The lowest BCUT2D eigenvalue weighted by Crippen LogP contribution is -2.13. The van der Waals surface area contributed by atoms with Crippen LogP contribution in [-0.4, -0.2) is 31.3 Å². The first-order chi connectivity index (χ1) is 12.1. The second-order valence-electron chi connectivity index (χ2n) is 5.78. The van der Waals surface area contributed by atoms with Crippen molar-refractivity contribution in [2.75, 3.05) is 11.1 Å². The van der Waals surface area contributed by atoms with Crippen LogP contribution in [0.3, 0.4) is 0 Å². The lowest BCUT2D eigenvalue weighted by atomic mass is 10.2. The summed E-state index contributed by atoms with van der Waals surface area (Å²) in [6, 6.07) is 6.12.